The molecule has 2 nitrogen and oxygen atoms in total. The maximum Gasteiger partial charge on any atom is 0.136 e. The van der Waals surface area contributed by atoms with Crippen LogP contribution in [0.15, 0.2) is 10.5 Å². The van der Waals surface area contributed by atoms with Crippen LogP contribution in [0.5, 0.6) is 5.75 Å². The highest BCUT2D eigenvalue weighted by Crippen LogP contribution is 2.33. The molecule has 1 aromatic rings. The van der Waals surface area contributed by atoms with E-state index in [1.54, 1.807) is 14.0 Å². The molecule has 0 radical (unpaired) electrons. The third kappa shape index (κ3) is 2.69. The average Bonchev–Trinajstić information content (AvgIpc) is 2.21. The second-order valence-corrected chi connectivity index (χ2v) is 4.16. The summed E-state index contributed by atoms with van der Waals surface area (Å²) in [6, 6.07) is 1.40. The van der Waals surface area contributed by atoms with Gasteiger partial charge in [0.05, 0.1) is 11.6 Å². The summed E-state index contributed by atoms with van der Waals surface area (Å²) in [5.74, 6) is 0.401. The minimum atomic E-state index is -0.254. The number of ether oxygens (including phenoxy) is 1. The molecule has 0 fully saturated rings. The quantitative estimate of drug-likeness (QED) is 0.917. The predicted octanol–water partition coefficient (Wildman–Crippen LogP) is 2.83. The van der Waals surface area contributed by atoms with Crippen LogP contribution >= 0.6 is 15.9 Å². The molecule has 0 saturated heterocycles. The lowest BCUT2D eigenvalue weighted by molar-refractivity contribution is 0.287. The molecule has 0 atom stereocenters. The van der Waals surface area contributed by atoms with Crippen LogP contribution in [0.2, 0.25) is 0 Å². The van der Waals surface area contributed by atoms with Crippen LogP contribution in [-0.4, -0.2) is 18.8 Å². The first-order valence-corrected chi connectivity index (χ1v) is 5.53. The van der Waals surface area contributed by atoms with Gasteiger partial charge in [-0.3, -0.25) is 0 Å². The molecule has 0 aliphatic rings. The largest absolute Gasteiger partial charge is 0.495 e. The van der Waals surface area contributed by atoms with Gasteiger partial charge < -0.3 is 9.84 Å². The van der Waals surface area contributed by atoms with Crippen molar-refractivity contribution in [3.8, 4) is 5.75 Å². The van der Waals surface area contributed by atoms with Gasteiger partial charge in [-0.2, -0.15) is 0 Å². The third-order valence-corrected chi connectivity index (χ3v) is 2.93. The van der Waals surface area contributed by atoms with Gasteiger partial charge >= 0.3 is 0 Å². The summed E-state index contributed by atoms with van der Waals surface area (Å²) in [6.07, 6.45) is 1.22. The smallest absolute Gasteiger partial charge is 0.136 e. The first-order valence-electron chi connectivity index (χ1n) is 4.74. The lowest BCUT2D eigenvalue weighted by Crippen LogP contribution is -2.01. The van der Waals surface area contributed by atoms with Gasteiger partial charge in [-0.15, -0.1) is 0 Å². The Bertz CT molecular complexity index is 353. The van der Waals surface area contributed by atoms with Crippen molar-refractivity contribution in [2.75, 3.05) is 13.7 Å². The monoisotopic (exact) mass is 276 g/mol. The number of rotatable bonds is 4. The summed E-state index contributed by atoms with van der Waals surface area (Å²) in [5.41, 5.74) is 1.40. The molecule has 0 saturated carbocycles. The van der Waals surface area contributed by atoms with Crippen molar-refractivity contribution in [2.45, 2.75) is 19.8 Å². The lowest BCUT2D eigenvalue weighted by Gasteiger charge is -2.13. The first kappa shape index (κ1) is 12.5. The van der Waals surface area contributed by atoms with E-state index in [0.717, 1.165) is 5.56 Å². The van der Waals surface area contributed by atoms with Crippen LogP contribution in [0.25, 0.3) is 0 Å². The molecule has 4 heteroatoms. The predicted molar refractivity (Wildman–Crippen MR) is 60.8 cm³/mol. The number of halogens is 2. The van der Waals surface area contributed by atoms with Crippen molar-refractivity contribution in [2.24, 2.45) is 0 Å². The van der Waals surface area contributed by atoms with Gasteiger partial charge in [0.15, 0.2) is 0 Å². The molecule has 0 spiro atoms. The zero-order valence-electron chi connectivity index (χ0n) is 8.81. The molecular formula is C11H14BrFO2. The maximum absolute atomic E-state index is 13.4. The van der Waals surface area contributed by atoms with E-state index in [1.807, 2.05) is 0 Å². The van der Waals surface area contributed by atoms with Crippen molar-refractivity contribution < 1.29 is 14.2 Å². The van der Waals surface area contributed by atoms with Gasteiger partial charge in [0.2, 0.25) is 0 Å². The Hall–Kier alpha value is -0.610. The molecule has 0 aromatic heterocycles. The Labute approximate surface area is 97.2 Å². The van der Waals surface area contributed by atoms with Crippen LogP contribution in [0.4, 0.5) is 4.39 Å². The number of methoxy groups -OCH3 is 1. The van der Waals surface area contributed by atoms with Crippen LogP contribution in [-0.2, 0) is 6.42 Å². The van der Waals surface area contributed by atoms with E-state index < -0.39 is 0 Å². The topological polar surface area (TPSA) is 29.5 Å². The van der Waals surface area contributed by atoms with Crippen LogP contribution < -0.4 is 4.74 Å². The Balaban J connectivity index is 3.18. The molecule has 1 rings (SSSR count). The van der Waals surface area contributed by atoms with E-state index in [4.69, 9.17) is 9.84 Å². The van der Waals surface area contributed by atoms with Crippen molar-refractivity contribution in [1.29, 1.82) is 0 Å². The zero-order chi connectivity index (χ0) is 11.4. The molecule has 84 valence electrons. The molecule has 1 aromatic carbocycles. The van der Waals surface area contributed by atoms with Gasteiger partial charge in [-0.05, 0) is 47.3 Å². The van der Waals surface area contributed by atoms with Crippen molar-refractivity contribution in [1.82, 2.24) is 0 Å². The molecule has 0 heterocycles. The first-order chi connectivity index (χ1) is 7.11. The molecule has 0 aliphatic heterocycles. The number of hydrogen-bond acceptors (Lipinski definition) is 2. The fourth-order valence-corrected chi connectivity index (χ4v) is 2.12. The number of benzene rings is 1. The van der Waals surface area contributed by atoms with E-state index in [-0.39, 0.29) is 12.4 Å². The fraction of sp³-hybridized carbons (Fsp3) is 0.455. The maximum atomic E-state index is 13.4. The summed E-state index contributed by atoms with van der Waals surface area (Å²) in [6.45, 7) is 1.81. The van der Waals surface area contributed by atoms with Gasteiger partial charge in [0.1, 0.15) is 11.6 Å². The number of hydrogen-bond donors (Lipinski definition) is 1. The van der Waals surface area contributed by atoms with Gasteiger partial charge in [0, 0.05) is 12.2 Å². The van der Waals surface area contributed by atoms with E-state index >= 15 is 0 Å². The SMILES string of the molecule is COc1c(Br)cc(F)c(C)c1CCCO. The normalized spacial score (nSPS) is 10.5. The standard InChI is InChI=1S/C11H14BrFO2/c1-7-8(4-3-5-14)11(15-2)9(12)6-10(7)13/h6,14H,3-5H2,1-2H3. The third-order valence-electron chi connectivity index (χ3n) is 2.34. The lowest BCUT2D eigenvalue weighted by atomic mass is 10.0. The Kier molecular flexibility index (Phi) is 4.54. The average molecular weight is 277 g/mol. The van der Waals surface area contributed by atoms with E-state index in [0.29, 0.717) is 28.6 Å². The van der Waals surface area contributed by atoms with E-state index in [9.17, 15) is 4.39 Å². The second-order valence-electron chi connectivity index (χ2n) is 3.30. The highest BCUT2D eigenvalue weighted by atomic mass is 79.9. The Morgan fingerprint density at radius 3 is 2.73 bits per heavy atom. The van der Waals surface area contributed by atoms with E-state index in [2.05, 4.69) is 15.9 Å². The highest BCUT2D eigenvalue weighted by molar-refractivity contribution is 9.10. The second kappa shape index (κ2) is 5.47. The van der Waals surface area contributed by atoms with Crippen LogP contribution in [0.1, 0.15) is 17.5 Å². The highest BCUT2D eigenvalue weighted by Gasteiger charge is 2.14. The summed E-state index contributed by atoms with van der Waals surface area (Å²) in [7, 11) is 1.56. The minimum Gasteiger partial charge on any atom is -0.495 e. The molecule has 1 N–H and O–H groups in total. The summed E-state index contributed by atoms with van der Waals surface area (Å²) < 4.78 is 19.3. The van der Waals surface area contributed by atoms with Crippen LogP contribution in [0, 0.1) is 12.7 Å². The summed E-state index contributed by atoms with van der Waals surface area (Å²) >= 11 is 3.26. The fourth-order valence-electron chi connectivity index (χ4n) is 1.52. The molecule has 0 amide bonds. The Morgan fingerprint density at radius 2 is 2.20 bits per heavy atom. The number of aliphatic hydroxyl groups is 1. The molecule has 0 unspecified atom stereocenters. The van der Waals surface area contributed by atoms with E-state index in [1.165, 1.54) is 6.07 Å². The summed E-state index contributed by atoms with van der Waals surface area (Å²) in [4.78, 5) is 0. The minimum absolute atomic E-state index is 0.0940. The molecular weight excluding hydrogens is 263 g/mol. The van der Waals surface area contributed by atoms with Gasteiger partial charge in [0.25, 0.3) is 0 Å². The number of aliphatic hydroxyl groups excluding tert-OH is 1. The molecule has 15 heavy (non-hydrogen) atoms. The summed E-state index contributed by atoms with van der Waals surface area (Å²) in [5, 5.41) is 8.77. The molecule has 0 bridgehead atoms. The molecule has 0 aliphatic carbocycles. The van der Waals surface area contributed by atoms with Crippen molar-refractivity contribution >= 4 is 15.9 Å². The van der Waals surface area contributed by atoms with Gasteiger partial charge in [-0.25, -0.2) is 4.39 Å². The zero-order valence-corrected chi connectivity index (χ0v) is 10.4. The van der Waals surface area contributed by atoms with Gasteiger partial charge in [-0.1, -0.05) is 0 Å². The van der Waals surface area contributed by atoms with Crippen LogP contribution in [0.3, 0.4) is 0 Å². The van der Waals surface area contributed by atoms with Crippen molar-refractivity contribution in [3.05, 3.63) is 27.5 Å². The Morgan fingerprint density at radius 1 is 1.53 bits per heavy atom. The van der Waals surface area contributed by atoms with Crippen molar-refractivity contribution in [3.63, 3.8) is 0 Å².